The highest BCUT2D eigenvalue weighted by Gasteiger charge is 2.52. The lowest BCUT2D eigenvalue weighted by Crippen LogP contribution is -3.14. The van der Waals surface area contributed by atoms with Gasteiger partial charge in [-0.15, -0.1) is 0 Å². The van der Waals surface area contributed by atoms with Crippen LogP contribution in [0.25, 0.3) is 0 Å². The third-order valence-corrected chi connectivity index (χ3v) is 12.9. The fraction of sp³-hybridized carbons (Fsp3) is 0.458. The van der Waals surface area contributed by atoms with Crippen LogP contribution in [0.2, 0.25) is 0 Å². The summed E-state index contributed by atoms with van der Waals surface area (Å²) in [6.45, 7) is 8.75. The molecule has 0 bridgehead atoms. The van der Waals surface area contributed by atoms with Crippen LogP contribution in [0.15, 0.2) is 121 Å². The average Bonchev–Trinajstić information content (AvgIpc) is 3.65. The Morgan fingerprint density at radius 2 is 0.857 bits per heavy atom. The molecule has 2 unspecified atom stereocenters. The molecule has 2 saturated heterocycles. The van der Waals surface area contributed by atoms with Crippen molar-refractivity contribution in [2.75, 3.05) is 19.7 Å². The van der Waals surface area contributed by atoms with Crippen molar-refractivity contribution in [3.63, 3.8) is 0 Å². The molecule has 304 valence electrons. The lowest BCUT2D eigenvalue weighted by Gasteiger charge is -2.29. The van der Waals surface area contributed by atoms with Crippen LogP contribution in [0, 0.1) is 11.8 Å². The van der Waals surface area contributed by atoms with E-state index < -0.39 is 0 Å². The molecule has 2 heterocycles. The number of Topliss-reactive ketones (excluding diaryl/α,β-unsaturated/α-hetero) is 2. The summed E-state index contributed by atoms with van der Waals surface area (Å²) in [6, 6.07) is 44.9. The zero-order chi connectivity index (χ0) is 37.2. The molecule has 4 aromatic rings. The molecule has 0 amide bonds. The van der Waals surface area contributed by atoms with Crippen LogP contribution in [0.5, 0.6) is 0 Å². The Balaban J connectivity index is 0.000000267. The molecule has 0 aromatic heterocycles. The van der Waals surface area contributed by atoms with Crippen molar-refractivity contribution in [2.45, 2.75) is 108 Å². The van der Waals surface area contributed by atoms with Gasteiger partial charge in [-0.25, -0.2) is 0 Å². The minimum atomic E-state index is 0. The minimum Gasteiger partial charge on any atom is -1.00 e. The molecule has 0 radical (unpaired) electrons. The number of halogens is 2. The van der Waals surface area contributed by atoms with Gasteiger partial charge >= 0.3 is 0 Å². The number of hydrogen-bond donors (Lipinski definition) is 3. The van der Waals surface area contributed by atoms with Crippen molar-refractivity contribution in [3.05, 3.63) is 144 Å². The number of benzene rings is 4. The van der Waals surface area contributed by atoms with Crippen molar-refractivity contribution in [3.8, 4) is 0 Å². The maximum Gasteiger partial charge on any atom is 0.142 e. The molecule has 4 aliphatic rings. The van der Waals surface area contributed by atoms with E-state index in [1.54, 1.807) is 16.7 Å². The summed E-state index contributed by atoms with van der Waals surface area (Å²) in [5.74, 6) is 2.16. The Kier molecular flexibility index (Phi) is 19.8. The van der Waals surface area contributed by atoms with E-state index in [1.165, 1.54) is 47.9 Å². The highest BCUT2D eigenvalue weighted by atomic mass is 79.9. The van der Waals surface area contributed by atoms with Gasteiger partial charge in [0.2, 0.25) is 0 Å². The summed E-state index contributed by atoms with van der Waals surface area (Å²) in [6.07, 6.45) is 8.45. The summed E-state index contributed by atoms with van der Waals surface area (Å²) in [5.41, 5.74) is 5.48. The number of fused-ring (bicyclic) bond motifs is 2. The van der Waals surface area contributed by atoms with Crippen LogP contribution in [-0.4, -0.2) is 53.9 Å². The lowest BCUT2D eigenvalue weighted by molar-refractivity contribution is -0.943. The second-order valence-electron chi connectivity index (χ2n) is 15.9. The van der Waals surface area contributed by atoms with E-state index in [-0.39, 0.29) is 57.9 Å². The summed E-state index contributed by atoms with van der Waals surface area (Å²) in [5, 5.41) is 7.57. The third kappa shape index (κ3) is 11.1. The summed E-state index contributed by atoms with van der Waals surface area (Å²) >= 11 is 0. The molecule has 8 rings (SSSR count). The number of nitrogens with one attached hydrogen (secondary N) is 2. The highest BCUT2D eigenvalue weighted by Crippen LogP contribution is 2.38. The van der Waals surface area contributed by atoms with Gasteiger partial charge in [-0.3, -0.25) is 9.59 Å². The second kappa shape index (κ2) is 23.4. The number of carbonyl (C=O) groups excluding carboxylic acids is 2. The predicted molar refractivity (Wildman–Crippen MR) is 218 cm³/mol. The van der Waals surface area contributed by atoms with Gasteiger partial charge in [0.1, 0.15) is 23.7 Å². The smallest absolute Gasteiger partial charge is 0.142 e. The molecule has 56 heavy (non-hydrogen) atoms. The number of rotatable bonds is 6. The van der Waals surface area contributed by atoms with E-state index in [4.69, 9.17) is 5.11 Å². The largest absolute Gasteiger partial charge is 1.00 e. The highest BCUT2D eigenvalue weighted by molar-refractivity contribution is 5.83. The van der Waals surface area contributed by atoms with Crippen LogP contribution in [0.3, 0.4) is 0 Å². The number of quaternary nitrogens is 2. The molecule has 8 heteroatoms. The molecule has 2 aliphatic carbocycles. The lowest BCUT2D eigenvalue weighted by atomic mass is 9.82. The molecule has 5 N–H and O–H groups in total. The summed E-state index contributed by atoms with van der Waals surface area (Å²) < 4.78 is 0. The fourth-order valence-corrected chi connectivity index (χ4v) is 10.3. The molecule has 4 fully saturated rings. The summed E-state index contributed by atoms with van der Waals surface area (Å²) in [7, 11) is 0. The first-order valence-electron chi connectivity index (χ1n) is 20.5. The predicted octanol–water partition coefficient (Wildman–Crippen LogP) is 0.298. The van der Waals surface area contributed by atoms with Crippen molar-refractivity contribution < 1.29 is 63.9 Å². The van der Waals surface area contributed by atoms with Crippen LogP contribution < -0.4 is 43.8 Å². The van der Waals surface area contributed by atoms with Gasteiger partial charge in [-0.1, -0.05) is 121 Å². The number of hydrogen-bond acceptors (Lipinski definition) is 3. The molecule has 2 aliphatic heterocycles. The van der Waals surface area contributed by atoms with E-state index in [2.05, 4.69) is 135 Å². The third-order valence-electron chi connectivity index (χ3n) is 12.9. The van der Waals surface area contributed by atoms with Gasteiger partial charge in [-0.2, -0.15) is 0 Å². The Morgan fingerprint density at radius 1 is 0.554 bits per heavy atom. The standard InChI is InChI=1S/2C23H27NO.C2H6O.2BrH.H2O/c2*1-17(18-10-4-2-5-11-18)24-16-20(19-12-6-3-7-13-19)23-21(24)14-8-9-15-22(23)25;1-2-3;;;/h2*2-7,10-13,17,20-21,23H,8-9,14-16H2,1H3;3H,2H2,1H3;2*1H;1H2/t2*17-,20-,21+,23-;;;;/m11..../s1. The van der Waals surface area contributed by atoms with Crippen LogP contribution >= 0.6 is 0 Å². The number of aliphatic hydroxyl groups is 1. The van der Waals surface area contributed by atoms with E-state index in [0.717, 1.165) is 38.8 Å². The molecule has 4 aromatic carbocycles. The first-order valence-corrected chi connectivity index (χ1v) is 20.5. The fourth-order valence-electron chi connectivity index (χ4n) is 10.3. The number of carbonyl (C=O) groups is 2. The average molecular weight is 893 g/mol. The maximum absolute atomic E-state index is 13.0. The van der Waals surface area contributed by atoms with Crippen molar-refractivity contribution in [2.24, 2.45) is 11.8 Å². The Hall–Kier alpha value is -2.98. The molecule has 6 nitrogen and oxygen atoms in total. The quantitative estimate of drug-likeness (QED) is 0.261. The molecular formula is C48H64Br2N2O4. The van der Waals surface area contributed by atoms with Crippen LogP contribution in [0.4, 0.5) is 0 Å². The van der Waals surface area contributed by atoms with Gasteiger partial charge in [0.15, 0.2) is 0 Å². The van der Waals surface area contributed by atoms with Crippen LogP contribution in [0.1, 0.15) is 118 Å². The number of aliphatic hydroxyl groups excluding tert-OH is 1. The Morgan fingerprint density at radius 3 is 1.18 bits per heavy atom. The van der Waals surface area contributed by atoms with Crippen molar-refractivity contribution >= 4 is 11.6 Å². The van der Waals surface area contributed by atoms with E-state index in [1.807, 2.05) is 0 Å². The SMILES string of the molecule is CCO.C[C@H](c1ccccc1)[NH+]1C[C@H](c2ccccc2)[C@H]2C(=O)CCCC[C@@H]21.C[C@H](c1ccccc1)[NH+]1C[C@H](c2ccccc2)[C@H]2C(=O)CCCC[C@@H]21.O.[Br-].[Br-]. The van der Waals surface area contributed by atoms with Gasteiger partial charge in [0.25, 0.3) is 0 Å². The first-order chi connectivity index (χ1) is 25.9. The summed E-state index contributed by atoms with van der Waals surface area (Å²) in [4.78, 5) is 29.2. The van der Waals surface area contributed by atoms with Gasteiger partial charge in [0.05, 0.1) is 37.0 Å². The minimum absolute atomic E-state index is 0. The monoisotopic (exact) mass is 890 g/mol. The van der Waals surface area contributed by atoms with E-state index in [0.29, 0.717) is 47.6 Å². The molecular weight excluding hydrogens is 828 g/mol. The van der Waals surface area contributed by atoms with Gasteiger partial charge in [0, 0.05) is 55.3 Å². The zero-order valence-electron chi connectivity index (χ0n) is 33.5. The van der Waals surface area contributed by atoms with E-state index >= 15 is 0 Å². The van der Waals surface area contributed by atoms with Gasteiger partial charge in [-0.05, 0) is 57.6 Å². The normalized spacial score (nSPS) is 27.6. The van der Waals surface area contributed by atoms with Crippen molar-refractivity contribution in [1.82, 2.24) is 0 Å². The second-order valence-corrected chi connectivity index (χ2v) is 15.9. The Bertz CT molecular complexity index is 1590. The topological polar surface area (TPSA) is 94.8 Å². The molecule has 0 spiro atoms. The maximum atomic E-state index is 13.0. The van der Waals surface area contributed by atoms with Crippen LogP contribution in [-0.2, 0) is 9.59 Å². The van der Waals surface area contributed by atoms with E-state index in [9.17, 15) is 9.59 Å². The number of likely N-dealkylation sites (tertiary alicyclic amines) is 2. The molecule has 2 saturated carbocycles. The Labute approximate surface area is 356 Å². The first kappa shape index (κ1) is 47.4. The van der Waals surface area contributed by atoms with Gasteiger partial charge < -0.3 is 54.3 Å². The molecule has 10 atom stereocenters. The zero-order valence-corrected chi connectivity index (χ0v) is 36.6. The van der Waals surface area contributed by atoms with Crippen molar-refractivity contribution in [1.29, 1.82) is 0 Å². The number of ketones is 2.